The molecule has 128 valence electrons. The van der Waals surface area contributed by atoms with Gasteiger partial charge in [0.25, 0.3) is 0 Å². The van der Waals surface area contributed by atoms with Crippen molar-refractivity contribution in [1.82, 2.24) is 6.15 Å². The van der Waals surface area contributed by atoms with Crippen molar-refractivity contribution in [2.45, 2.75) is 0 Å². The molecular weight excluding hydrogens is 345 g/mol. The Labute approximate surface area is 118 Å². The van der Waals surface area contributed by atoms with Crippen LogP contribution in [0, 0.1) is 0 Å². The van der Waals surface area contributed by atoms with E-state index in [1.807, 2.05) is 0 Å². The summed E-state index contributed by atoms with van der Waals surface area (Å²) in [4.78, 5) is 0. The van der Waals surface area contributed by atoms with Crippen molar-refractivity contribution in [1.29, 1.82) is 0 Å². The molecule has 19 heavy (non-hydrogen) atoms. The second-order valence-corrected chi connectivity index (χ2v) is 2.45. The smallest absolute Gasteiger partial charge is 0.759 e. The van der Waals surface area contributed by atoms with Gasteiger partial charge < -0.3 is 62.7 Å². The van der Waals surface area contributed by atoms with Crippen molar-refractivity contribution in [3.05, 3.63) is 0 Å². The first kappa shape index (κ1) is 96.6. The molecule has 0 unspecified atom stereocenters. The summed E-state index contributed by atoms with van der Waals surface area (Å²) in [5, 5.41) is 0. The summed E-state index contributed by atoms with van der Waals surface area (Å²) in [6.07, 6.45) is 0. The van der Waals surface area contributed by atoms with E-state index in [0.717, 1.165) is 0 Å². The van der Waals surface area contributed by atoms with Gasteiger partial charge in [0.15, 0.2) is 0 Å². The fourth-order valence-corrected chi connectivity index (χ4v) is 0. The maximum Gasteiger partial charge on any atom is 3.00 e. The fraction of sp³-hybridized carbons (Fsp3) is 0. The standard InChI is InChI=1S/Al.H3N.2H2O4S.7H2O/c;;2*1-5(2,3)4;;;;;;;/h;1H3;2*(H2,1,2,3,4);7*1H2/q+3;;;;;;;;;;/p-3. The zero-order valence-corrected chi connectivity index (χ0v) is 11.9. The van der Waals surface area contributed by atoms with E-state index in [1.54, 1.807) is 0 Å². The van der Waals surface area contributed by atoms with E-state index in [-0.39, 0.29) is 61.8 Å². The Bertz CT molecular complexity index is 217. The summed E-state index contributed by atoms with van der Waals surface area (Å²) in [6, 6.07) is 0. The van der Waals surface area contributed by atoms with Crippen molar-refractivity contribution in [3.8, 4) is 0 Å². The summed E-state index contributed by atoms with van der Waals surface area (Å²) in [5.41, 5.74) is 0. The molecule has 0 spiro atoms. The summed E-state index contributed by atoms with van der Waals surface area (Å²) in [5.74, 6) is 0. The maximum atomic E-state index is 8.52. The molecule has 19 heteroatoms. The zero-order chi connectivity index (χ0) is 9.00. The van der Waals surface area contributed by atoms with Crippen molar-refractivity contribution in [2.75, 3.05) is 0 Å². The zero-order valence-electron chi connectivity index (χ0n) is 9.16. The molecule has 0 aliphatic carbocycles. The van der Waals surface area contributed by atoms with Crippen LogP contribution >= 0.6 is 0 Å². The van der Waals surface area contributed by atoms with E-state index in [2.05, 4.69) is 0 Å². The van der Waals surface area contributed by atoms with Crippen LogP contribution in [0.1, 0.15) is 0 Å². The Kier molecular flexibility index (Phi) is 184. The van der Waals surface area contributed by atoms with Crippen LogP contribution in [0.4, 0.5) is 0 Å². The molecular formula is H18AlNO15S2. The molecule has 0 radical (unpaired) electrons. The minimum absolute atomic E-state index is 0. The minimum atomic E-state index is -5.17. The molecule has 0 amide bonds. The van der Waals surface area contributed by atoms with Gasteiger partial charge in [0, 0.05) is 20.8 Å². The Morgan fingerprint density at radius 2 is 0.474 bits per heavy atom. The van der Waals surface area contributed by atoms with Crippen LogP contribution in [0.2, 0.25) is 0 Å². The van der Waals surface area contributed by atoms with Gasteiger partial charge in [0.05, 0.1) is 0 Å². The summed E-state index contributed by atoms with van der Waals surface area (Å²) >= 11 is 0. The number of hydrogen-bond donors (Lipinski definition) is 1. The Hall–Kier alpha value is -0.0475. The predicted octanol–water partition coefficient (Wildman–Crippen LogP) is -8.45. The third kappa shape index (κ3) is 2020000. The average molecular weight is 363 g/mol. The third-order valence-electron chi connectivity index (χ3n) is 0. The van der Waals surface area contributed by atoms with Crippen molar-refractivity contribution >= 4 is 38.2 Å². The van der Waals surface area contributed by atoms with Gasteiger partial charge >= 0.3 is 17.4 Å². The van der Waals surface area contributed by atoms with E-state index >= 15 is 0 Å². The Morgan fingerprint density at radius 1 is 0.474 bits per heavy atom. The topological polar surface area (TPSA) is 418 Å². The van der Waals surface area contributed by atoms with Crippen molar-refractivity contribution < 1.29 is 73.4 Å². The molecule has 0 aliphatic heterocycles. The Morgan fingerprint density at radius 3 is 0.474 bits per heavy atom. The fourth-order valence-electron chi connectivity index (χ4n) is 0. The van der Waals surface area contributed by atoms with Crippen LogP contribution in [0.15, 0.2) is 0 Å². The SMILES string of the molecule is O.O.O.O.O.O.O.O=S(=O)([O-])[O-].O=S(=O)([O-])[O-].[Al+3].[NH4+]. The molecule has 16 nitrogen and oxygen atoms in total. The van der Waals surface area contributed by atoms with Crippen LogP contribution < -0.4 is 6.15 Å². The van der Waals surface area contributed by atoms with E-state index < -0.39 is 20.8 Å². The van der Waals surface area contributed by atoms with Gasteiger partial charge in [-0.2, -0.15) is 0 Å². The van der Waals surface area contributed by atoms with Gasteiger partial charge in [-0.25, -0.2) is 0 Å². The molecule has 0 heterocycles. The molecule has 0 bridgehead atoms. The second-order valence-electron chi connectivity index (χ2n) is 0.816. The summed E-state index contributed by atoms with van der Waals surface area (Å²) in [7, 11) is -10.3. The van der Waals surface area contributed by atoms with Gasteiger partial charge in [-0.1, -0.05) is 0 Å². The summed E-state index contributed by atoms with van der Waals surface area (Å²) in [6.45, 7) is 0. The van der Waals surface area contributed by atoms with Crippen LogP contribution in [0.5, 0.6) is 0 Å². The number of quaternary nitrogens is 1. The third-order valence-corrected chi connectivity index (χ3v) is 0. The molecule has 0 rings (SSSR count). The monoisotopic (exact) mass is 363 g/mol. The van der Waals surface area contributed by atoms with Gasteiger partial charge in [-0.05, 0) is 0 Å². The average Bonchev–Trinajstić information content (AvgIpc) is 1.12. The molecule has 0 saturated carbocycles. The van der Waals surface area contributed by atoms with Crippen LogP contribution in [0.3, 0.4) is 0 Å². The maximum absolute atomic E-state index is 8.52. The van der Waals surface area contributed by atoms with Crippen molar-refractivity contribution in [2.24, 2.45) is 0 Å². The molecule has 18 N–H and O–H groups in total. The van der Waals surface area contributed by atoms with E-state index in [1.165, 1.54) is 0 Å². The first-order chi connectivity index (χ1) is 4.00. The Balaban J connectivity index is -0.00000000508. The van der Waals surface area contributed by atoms with E-state index in [0.29, 0.717) is 0 Å². The van der Waals surface area contributed by atoms with E-state index in [9.17, 15) is 0 Å². The summed E-state index contributed by atoms with van der Waals surface area (Å²) < 4.78 is 68.2. The number of hydrogen-bond acceptors (Lipinski definition) is 8. The van der Waals surface area contributed by atoms with E-state index in [4.69, 9.17) is 35.0 Å². The normalized spacial score (nSPS) is 6.11. The first-order valence-corrected chi connectivity index (χ1v) is 4.00. The molecule has 0 saturated heterocycles. The minimum Gasteiger partial charge on any atom is -0.759 e. The van der Waals surface area contributed by atoms with Gasteiger partial charge in [-0.3, -0.25) is 16.8 Å². The van der Waals surface area contributed by atoms with Gasteiger partial charge in [-0.15, -0.1) is 0 Å². The van der Waals surface area contributed by atoms with Crippen LogP contribution in [0.25, 0.3) is 0 Å². The molecule has 0 aliphatic rings. The number of rotatable bonds is 0. The van der Waals surface area contributed by atoms with Crippen LogP contribution in [-0.2, 0) is 20.8 Å². The van der Waals surface area contributed by atoms with Gasteiger partial charge in [0.1, 0.15) is 0 Å². The van der Waals surface area contributed by atoms with Crippen LogP contribution in [-0.4, -0.2) is 90.7 Å². The molecule has 0 fully saturated rings. The van der Waals surface area contributed by atoms with Gasteiger partial charge in [0.2, 0.25) is 0 Å². The second kappa shape index (κ2) is 36.1. The van der Waals surface area contributed by atoms with Crippen molar-refractivity contribution in [3.63, 3.8) is 0 Å². The predicted molar refractivity (Wildman–Crippen MR) is 58.0 cm³/mol. The largest absolute Gasteiger partial charge is 3.00 e. The molecule has 0 aromatic heterocycles. The molecule has 0 aromatic carbocycles. The first-order valence-electron chi connectivity index (χ1n) is 1.33. The molecule has 0 aromatic rings. The molecule has 0 atom stereocenters. The quantitative estimate of drug-likeness (QED) is 0.243.